The molecule has 0 heterocycles. The average molecular weight is 553 g/mol. The first-order chi connectivity index (χ1) is 18.8. The lowest BCUT2D eigenvalue weighted by molar-refractivity contribution is -0.138. The Morgan fingerprint density at radius 3 is 2.23 bits per heavy atom. The first-order valence-corrected chi connectivity index (χ1v) is 12.7. The molecular formula is C30H29ClO8. The molecule has 0 aliphatic heterocycles. The smallest absolute Gasteiger partial charge is 0.307 e. The molecule has 0 aromatic heterocycles. The van der Waals surface area contributed by atoms with Crippen LogP contribution in [0.2, 0.25) is 5.02 Å². The Labute approximate surface area is 231 Å². The third-order valence-corrected chi connectivity index (χ3v) is 5.68. The first kappa shape index (κ1) is 29.3. The fourth-order valence-electron chi connectivity index (χ4n) is 3.55. The Bertz CT molecular complexity index is 1300. The number of carboxylic acids is 2. The highest BCUT2D eigenvalue weighted by molar-refractivity contribution is 6.30. The van der Waals surface area contributed by atoms with Crippen LogP contribution >= 0.6 is 11.6 Å². The molecule has 39 heavy (non-hydrogen) atoms. The fraction of sp³-hybridized carbons (Fsp3) is 0.233. The predicted molar refractivity (Wildman–Crippen MR) is 147 cm³/mol. The number of carbonyl (C=O) groups excluding carboxylic acids is 1. The third kappa shape index (κ3) is 10.2. The number of aliphatic carboxylic acids is 2. The van der Waals surface area contributed by atoms with Gasteiger partial charge in [-0.3, -0.25) is 14.4 Å². The summed E-state index contributed by atoms with van der Waals surface area (Å²) < 4.78 is 17.4. The summed E-state index contributed by atoms with van der Waals surface area (Å²) in [6.07, 6.45) is 3.99. The summed E-state index contributed by atoms with van der Waals surface area (Å²) in [6.45, 7) is 0.809. The maximum absolute atomic E-state index is 12.7. The summed E-state index contributed by atoms with van der Waals surface area (Å²) >= 11 is 5.88. The number of carbonyl (C=O) groups is 3. The van der Waals surface area contributed by atoms with Gasteiger partial charge >= 0.3 is 11.9 Å². The van der Waals surface area contributed by atoms with Crippen LogP contribution < -0.4 is 14.2 Å². The van der Waals surface area contributed by atoms with Gasteiger partial charge in [0, 0.05) is 16.1 Å². The molecule has 0 atom stereocenters. The van der Waals surface area contributed by atoms with Crippen molar-refractivity contribution in [2.75, 3.05) is 19.8 Å². The molecule has 0 unspecified atom stereocenters. The van der Waals surface area contributed by atoms with Gasteiger partial charge in [-0.05, 0) is 67.0 Å². The second kappa shape index (κ2) is 15.2. The highest BCUT2D eigenvalue weighted by Crippen LogP contribution is 2.33. The van der Waals surface area contributed by atoms with E-state index in [4.69, 9.17) is 36.0 Å². The van der Waals surface area contributed by atoms with E-state index in [2.05, 4.69) is 0 Å². The molecule has 3 aromatic rings. The Morgan fingerprint density at radius 2 is 1.51 bits per heavy atom. The molecule has 0 spiro atoms. The molecule has 9 heteroatoms. The molecule has 0 saturated heterocycles. The molecule has 0 aliphatic rings. The summed E-state index contributed by atoms with van der Waals surface area (Å²) in [6, 6.07) is 18.8. The number of allylic oxidation sites excluding steroid dienone is 1. The second-order valence-corrected chi connectivity index (χ2v) is 8.93. The van der Waals surface area contributed by atoms with Crippen LogP contribution in [-0.2, 0) is 16.0 Å². The molecule has 3 rings (SSSR count). The summed E-state index contributed by atoms with van der Waals surface area (Å²) in [5.74, 6) is -0.800. The normalized spacial score (nSPS) is 10.8. The van der Waals surface area contributed by atoms with Crippen LogP contribution in [0.25, 0.3) is 6.08 Å². The molecule has 0 fully saturated rings. The van der Waals surface area contributed by atoms with Gasteiger partial charge in [-0.1, -0.05) is 41.9 Å². The van der Waals surface area contributed by atoms with E-state index in [0.717, 1.165) is 12.2 Å². The minimum absolute atomic E-state index is 0.0728. The van der Waals surface area contributed by atoms with Crippen LogP contribution in [-0.4, -0.2) is 47.8 Å². The first-order valence-electron chi connectivity index (χ1n) is 12.3. The van der Waals surface area contributed by atoms with Crippen LogP contribution in [0.1, 0.15) is 40.7 Å². The van der Waals surface area contributed by atoms with Gasteiger partial charge in [0.2, 0.25) is 0 Å². The second-order valence-electron chi connectivity index (χ2n) is 8.49. The number of benzene rings is 3. The lowest BCUT2D eigenvalue weighted by Crippen LogP contribution is -2.08. The van der Waals surface area contributed by atoms with Crippen molar-refractivity contribution >= 4 is 35.4 Å². The van der Waals surface area contributed by atoms with Crippen LogP contribution in [0.4, 0.5) is 0 Å². The monoisotopic (exact) mass is 552 g/mol. The molecule has 0 aliphatic carbocycles. The van der Waals surface area contributed by atoms with E-state index < -0.39 is 11.9 Å². The van der Waals surface area contributed by atoms with E-state index in [1.54, 1.807) is 72.8 Å². The van der Waals surface area contributed by atoms with E-state index in [0.29, 0.717) is 52.8 Å². The standard InChI is InChI=1S/C30H29ClO8/c31-24-10-12-25(13-11-24)37-16-1-2-17-38-27-8-4-6-22(30(27)39-18-15-28(33)34)9-14-26(32)23-7-3-5-21(19-23)20-29(35)36/h3-14,19H,1-2,15-18,20H2,(H,33,34)(H,35,36). The molecular weight excluding hydrogens is 524 g/mol. The molecule has 2 N–H and O–H groups in total. The van der Waals surface area contributed by atoms with Gasteiger partial charge < -0.3 is 24.4 Å². The topological polar surface area (TPSA) is 119 Å². The van der Waals surface area contributed by atoms with Gasteiger partial charge in [0.15, 0.2) is 17.3 Å². The molecule has 0 bridgehead atoms. The molecule has 8 nitrogen and oxygen atoms in total. The number of hydrogen-bond acceptors (Lipinski definition) is 6. The highest BCUT2D eigenvalue weighted by atomic mass is 35.5. The lowest BCUT2D eigenvalue weighted by atomic mass is 10.0. The van der Waals surface area contributed by atoms with E-state index in [-0.39, 0.29) is 25.2 Å². The van der Waals surface area contributed by atoms with Crippen LogP contribution in [0.5, 0.6) is 17.2 Å². The van der Waals surface area contributed by atoms with Crippen molar-refractivity contribution in [2.45, 2.75) is 25.7 Å². The number of para-hydroxylation sites is 1. The maximum Gasteiger partial charge on any atom is 0.307 e. The molecule has 204 valence electrons. The number of hydrogen-bond donors (Lipinski definition) is 2. The zero-order valence-corrected chi connectivity index (χ0v) is 21.9. The van der Waals surface area contributed by atoms with E-state index in [9.17, 15) is 14.4 Å². The Hall–Kier alpha value is -4.30. The van der Waals surface area contributed by atoms with Crippen molar-refractivity contribution in [3.63, 3.8) is 0 Å². The average Bonchev–Trinajstić information content (AvgIpc) is 2.90. The van der Waals surface area contributed by atoms with Crippen LogP contribution in [0.3, 0.4) is 0 Å². The number of unbranched alkanes of at least 4 members (excludes halogenated alkanes) is 1. The quantitative estimate of drug-likeness (QED) is 0.127. The zero-order chi connectivity index (χ0) is 28.0. The number of carboxylic acid groups (broad SMARTS) is 2. The molecule has 0 saturated carbocycles. The molecule has 0 amide bonds. The Balaban J connectivity index is 1.64. The summed E-state index contributed by atoms with van der Waals surface area (Å²) in [4.78, 5) is 34.7. The number of ketones is 1. The number of rotatable bonds is 16. The number of ether oxygens (including phenoxy) is 3. The molecule has 0 radical (unpaired) electrons. The summed E-state index contributed by atoms with van der Waals surface area (Å²) in [7, 11) is 0. The zero-order valence-electron chi connectivity index (χ0n) is 21.2. The predicted octanol–water partition coefficient (Wildman–Crippen LogP) is 5.95. The SMILES string of the molecule is O=C(O)CCOc1c(C=CC(=O)c2cccc(CC(=O)O)c2)cccc1OCCCCOc1ccc(Cl)cc1. The Kier molecular flexibility index (Phi) is 11.4. The van der Waals surface area contributed by atoms with Crippen molar-refractivity contribution in [2.24, 2.45) is 0 Å². The third-order valence-electron chi connectivity index (χ3n) is 5.43. The summed E-state index contributed by atoms with van der Waals surface area (Å²) in [5.41, 5.74) is 1.42. The number of halogens is 1. The van der Waals surface area contributed by atoms with E-state index in [1.165, 1.54) is 6.08 Å². The lowest BCUT2D eigenvalue weighted by Gasteiger charge is -2.15. The van der Waals surface area contributed by atoms with Crippen molar-refractivity contribution in [3.05, 3.63) is 94.5 Å². The van der Waals surface area contributed by atoms with Gasteiger partial charge in [-0.15, -0.1) is 0 Å². The van der Waals surface area contributed by atoms with Crippen LogP contribution in [0.15, 0.2) is 72.8 Å². The van der Waals surface area contributed by atoms with E-state index in [1.807, 2.05) is 0 Å². The fourth-order valence-corrected chi connectivity index (χ4v) is 3.68. The van der Waals surface area contributed by atoms with Crippen LogP contribution in [0, 0.1) is 0 Å². The minimum Gasteiger partial charge on any atom is -0.494 e. The van der Waals surface area contributed by atoms with Gasteiger partial charge in [0.05, 0.1) is 32.7 Å². The van der Waals surface area contributed by atoms with Gasteiger partial charge in [0.25, 0.3) is 0 Å². The van der Waals surface area contributed by atoms with Crippen molar-refractivity contribution in [1.29, 1.82) is 0 Å². The van der Waals surface area contributed by atoms with Gasteiger partial charge in [-0.25, -0.2) is 0 Å². The molecule has 3 aromatic carbocycles. The van der Waals surface area contributed by atoms with Crippen molar-refractivity contribution in [3.8, 4) is 17.2 Å². The largest absolute Gasteiger partial charge is 0.494 e. The Morgan fingerprint density at radius 1 is 0.795 bits per heavy atom. The highest BCUT2D eigenvalue weighted by Gasteiger charge is 2.12. The van der Waals surface area contributed by atoms with E-state index >= 15 is 0 Å². The van der Waals surface area contributed by atoms with Gasteiger partial charge in [0.1, 0.15) is 5.75 Å². The van der Waals surface area contributed by atoms with Crippen molar-refractivity contribution < 1.29 is 38.8 Å². The van der Waals surface area contributed by atoms with Gasteiger partial charge in [-0.2, -0.15) is 0 Å². The van der Waals surface area contributed by atoms with Crippen molar-refractivity contribution in [1.82, 2.24) is 0 Å². The maximum atomic E-state index is 12.7. The minimum atomic E-state index is -0.998. The summed E-state index contributed by atoms with van der Waals surface area (Å²) in [5, 5.41) is 18.6.